The topological polar surface area (TPSA) is 20.2 Å². The van der Waals surface area contributed by atoms with Crippen molar-refractivity contribution in [3.05, 3.63) is 23.8 Å². The zero-order valence-corrected chi connectivity index (χ0v) is 12.0. The van der Waals surface area contributed by atoms with Crippen molar-refractivity contribution in [2.75, 3.05) is 6.61 Å². The van der Waals surface area contributed by atoms with Gasteiger partial charge in [-0.3, -0.25) is 0 Å². The molecule has 0 aromatic carbocycles. The van der Waals surface area contributed by atoms with Crippen LogP contribution >= 0.6 is 0 Å². The molecule has 3 aliphatic carbocycles. The van der Waals surface area contributed by atoms with E-state index in [0.717, 1.165) is 23.8 Å². The molecule has 3 aliphatic rings. The molecule has 0 aromatic rings. The van der Waals surface area contributed by atoms with Crippen LogP contribution in [0.2, 0.25) is 0 Å². The fourth-order valence-electron chi connectivity index (χ4n) is 4.06. The van der Waals surface area contributed by atoms with Crippen LogP contribution in [0.3, 0.4) is 0 Å². The van der Waals surface area contributed by atoms with Crippen molar-refractivity contribution in [2.45, 2.75) is 58.8 Å². The van der Waals surface area contributed by atoms with Gasteiger partial charge in [0.1, 0.15) is 0 Å². The molecule has 0 saturated heterocycles. The smallest absolute Gasteiger partial charge is 0.0639 e. The molecular formula is C17H28O. The average molecular weight is 248 g/mol. The second-order valence-corrected chi connectivity index (χ2v) is 6.59. The standard InChI is InChI=1S/C17H28O/c1-13(12-18)6-5-11-17(3)14(2)15-7-4-8-16(17)10-9-15/h6,15-16,18H,2,4-5,7-12H2,1,3H3/b13-6+/t15-,16+,17?/m0/s1. The highest BCUT2D eigenvalue weighted by Gasteiger charge is 2.44. The third-order valence-electron chi connectivity index (χ3n) is 5.50. The van der Waals surface area contributed by atoms with Crippen LogP contribution in [0.25, 0.3) is 0 Å². The Morgan fingerprint density at radius 3 is 2.89 bits per heavy atom. The normalized spacial score (nSPS) is 36.8. The Hall–Kier alpha value is -0.560. The fraction of sp³-hybridized carbons (Fsp3) is 0.765. The van der Waals surface area contributed by atoms with E-state index in [-0.39, 0.29) is 6.61 Å². The van der Waals surface area contributed by atoms with E-state index in [2.05, 4.69) is 19.6 Å². The highest BCUT2D eigenvalue weighted by Crippen LogP contribution is 2.55. The minimum atomic E-state index is 0.198. The molecule has 0 radical (unpaired) electrons. The van der Waals surface area contributed by atoms with Crippen LogP contribution in [0.15, 0.2) is 23.8 Å². The van der Waals surface area contributed by atoms with Crippen LogP contribution in [-0.2, 0) is 0 Å². The van der Waals surface area contributed by atoms with Gasteiger partial charge in [-0.25, -0.2) is 0 Å². The predicted octanol–water partition coefficient (Wildman–Crippen LogP) is 4.48. The van der Waals surface area contributed by atoms with Gasteiger partial charge in [0.25, 0.3) is 0 Å². The molecule has 1 unspecified atom stereocenters. The Kier molecular flexibility index (Phi) is 4.32. The summed E-state index contributed by atoms with van der Waals surface area (Å²) in [6.07, 6.45) is 11.5. The number of hydrogen-bond donors (Lipinski definition) is 1. The molecule has 0 aromatic heterocycles. The molecule has 3 fully saturated rings. The van der Waals surface area contributed by atoms with Crippen LogP contribution in [0, 0.1) is 17.3 Å². The van der Waals surface area contributed by atoms with E-state index in [4.69, 9.17) is 5.11 Å². The summed E-state index contributed by atoms with van der Waals surface area (Å²) in [6, 6.07) is 0. The lowest BCUT2D eigenvalue weighted by atomic mass is 9.60. The summed E-state index contributed by atoms with van der Waals surface area (Å²) >= 11 is 0. The van der Waals surface area contributed by atoms with Crippen LogP contribution in [0.4, 0.5) is 0 Å². The Balaban J connectivity index is 2.06. The molecule has 1 heteroatoms. The summed E-state index contributed by atoms with van der Waals surface area (Å²) in [4.78, 5) is 0. The lowest BCUT2D eigenvalue weighted by Gasteiger charge is -2.45. The van der Waals surface area contributed by atoms with Crippen molar-refractivity contribution in [3.8, 4) is 0 Å². The molecule has 3 saturated carbocycles. The van der Waals surface area contributed by atoms with Crippen LogP contribution < -0.4 is 0 Å². The van der Waals surface area contributed by atoms with Gasteiger partial charge >= 0.3 is 0 Å². The fourth-order valence-corrected chi connectivity index (χ4v) is 4.06. The van der Waals surface area contributed by atoms with Crippen molar-refractivity contribution in [1.82, 2.24) is 0 Å². The maximum atomic E-state index is 9.05. The highest BCUT2D eigenvalue weighted by molar-refractivity contribution is 5.19. The monoisotopic (exact) mass is 248 g/mol. The average Bonchev–Trinajstić information content (AvgIpc) is 2.67. The molecule has 0 spiro atoms. The first kappa shape index (κ1) is 13.9. The van der Waals surface area contributed by atoms with E-state index >= 15 is 0 Å². The third kappa shape index (κ3) is 2.56. The van der Waals surface area contributed by atoms with Crippen LogP contribution in [-0.4, -0.2) is 11.7 Å². The molecule has 3 rings (SSSR count). The van der Waals surface area contributed by atoms with Gasteiger partial charge in [-0.15, -0.1) is 0 Å². The minimum Gasteiger partial charge on any atom is -0.392 e. The number of rotatable bonds is 4. The second-order valence-electron chi connectivity index (χ2n) is 6.59. The van der Waals surface area contributed by atoms with Gasteiger partial charge < -0.3 is 5.11 Å². The first-order chi connectivity index (χ1) is 8.58. The molecule has 1 nitrogen and oxygen atoms in total. The number of fused-ring (bicyclic) bond motifs is 4. The summed E-state index contributed by atoms with van der Waals surface area (Å²) < 4.78 is 0. The zero-order chi connectivity index (χ0) is 13.2. The van der Waals surface area contributed by atoms with Gasteiger partial charge in [0.15, 0.2) is 0 Å². The van der Waals surface area contributed by atoms with Gasteiger partial charge in [-0.2, -0.15) is 0 Å². The maximum absolute atomic E-state index is 9.05. The molecule has 0 heterocycles. The first-order valence-electron chi connectivity index (χ1n) is 7.53. The van der Waals surface area contributed by atoms with E-state index in [9.17, 15) is 0 Å². The summed E-state index contributed by atoms with van der Waals surface area (Å²) in [7, 11) is 0. The largest absolute Gasteiger partial charge is 0.392 e. The molecule has 0 amide bonds. The lowest BCUT2D eigenvalue weighted by molar-refractivity contribution is 0.157. The van der Waals surface area contributed by atoms with E-state index in [1.165, 1.54) is 44.1 Å². The second kappa shape index (κ2) is 5.61. The Bertz CT molecular complexity index is 338. The number of aliphatic hydroxyl groups excluding tert-OH is 1. The molecule has 0 aliphatic heterocycles. The summed E-state index contributed by atoms with van der Waals surface area (Å²) in [5.41, 5.74) is 2.99. The lowest BCUT2D eigenvalue weighted by Crippen LogP contribution is -2.34. The van der Waals surface area contributed by atoms with Crippen LogP contribution in [0.5, 0.6) is 0 Å². The minimum absolute atomic E-state index is 0.198. The van der Waals surface area contributed by atoms with Crippen molar-refractivity contribution >= 4 is 0 Å². The SMILES string of the molecule is C=C1[C@H]2CCC[C@H](CC2)C1(C)CC/C=C(\C)CO. The molecule has 102 valence electrons. The number of aliphatic hydroxyl groups is 1. The van der Waals surface area contributed by atoms with E-state index < -0.39 is 0 Å². The van der Waals surface area contributed by atoms with Crippen molar-refractivity contribution in [2.24, 2.45) is 17.3 Å². The Morgan fingerprint density at radius 2 is 2.17 bits per heavy atom. The summed E-state index contributed by atoms with van der Waals surface area (Å²) in [6.45, 7) is 9.11. The van der Waals surface area contributed by atoms with E-state index in [1.807, 2.05) is 6.92 Å². The first-order valence-corrected chi connectivity index (χ1v) is 7.53. The molecule has 1 N–H and O–H groups in total. The molecule has 2 bridgehead atoms. The predicted molar refractivity (Wildman–Crippen MR) is 77.4 cm³/mol. The Labute approximate surface area is 112 Å². The zero-order valence-electron chi connectivity index (χ0n) is 12.0. The molecule has 18 heavy (non-hydrogen) atoms. The number of hydrogen-bond acceptors (Lipinski definition) is 1. The van der Waals surface area contributed by atoms with Crippen LogP contribution in [0.1, 0.15) is 58.8 Å². The molecular weight excluding hydrogens is 220 g/mol. The summed E-state index contributed by atoms with van der Waals surface area (Å²) in [5, 5.41) is 9.05. The maximum Gasteiger partial charge on any atom is 0.0639 e. The van der Waals surface area contributed by atoms with Crippen molar-refractivity contribution < 1.29 is 5.11 Å². The van der Waals surface area contributed by atoms with E-state index in [1.54, 1.807) is 0 Å². The third-order valence-corrected chi connectivity index (χ3v) is 5.50. The van der Waals surface area contributed by atoms with E-state index in [0.29, 0.717) is 5.41 Å². The van der Waals surface area contributed by atoms with Crippen molar-refractivity contribution in [1.29, 1.82) is 0 Å². The molecule has 3 atom stereocenters. The van der Waals surface area contributed by atoms with Gasteiger partial charge in [0, 0.05) is 0 Å². The van der Waals surface area contributed by atoms with Gasteiger partial charge in [0.05, 0.1) is 6.61 Å². The van der Waals surface area contributed by atoms with Crippen molar-refractivity contribution in [3.63, 3.8) is 0 Å². The van der Waals surface area contributed by atoms with Gasteiger partial charge in [-0.05, 0) is 62.7 Å². The highest BCUT2D eigenvalue weighted by atomic mass is 16.3. The summed E-state index contributed by atoms with van der Waals surface area (Å²) in [5.74, 6) is 1.64. The Morgan fingerprint density at radius 1 is 1.39 bits per heavy atom. The quantitative estimate of drug-likeness (QED) is 0.727. The van der Waals surface area contributed by atoms with Gasteiger partial charge in [-0.1, -0.05) is 37.1 Å². The van der Waals surface area contributed by atoms with Gasteiger partial charge in [0.2, 0.25) is 0 Å². The number of allylic oxidation sites excluding steroid dienone is 2.